The zero-order chi connectivity index (χ0) is 20.2. The molecule has 4 rings (SSSR count). The number of anilines is 1. The Labute approximate surface area is 176 Å². The Morgan fingerprint density at radius 2 is 1.97 bits per heavy atom. The van der Waals surface area contributed by atoms with Crippen LogP contribution in [0.2, 0.25) is 0 Å². The third kappa shape index (κ3) is 4.63. The largest absolute Gasteiger partial charge is 0.283 e. The molecule has 0 atom stereocenters. The zero-order valence-corrected chi connectivity index (χ0v) is 17.3. The normalized spacial score (nSPS) is 11.0. The van der Waals surface area contributed by atoms with Gasteiger partial charge >= 0.3 is 0 Å². The van der Waals surface area contributed by atoms with E-state index in [-0.39, 0.29) is 18.1 Å². The smallest absolute Gasteiger partial charge is 0.233 e. The van der Waals surface area contributed by atoms with E-state index >= 15 is 0 Å². The number of hydrogen-bond acceptors (Lipinski definition) is 5. The van der Waals surface area contributed by atoms with Crippen LogP contribution in [-0.4, -0.2) is 22.1 Å². The summed E-state index contributed by atoms with van der Waals surface area (Å²) in [7, 11) is 0. The monoisotopic (exact) mass is 423 g/mol. The van der Waals surface area contributed by atoms with Gasteiger partial charge in [0.2, 0.25) is 5.91 Å². The molecule has 0 aliphatic rings. The summed E-state index contributed by atoms with van der Waals surface area (Å²) in [5.74, 6) is -0.378. The fourth-order valence-electron chi connectivity index (χ4n) is 2.95. The van der Waals surface area contributed by atoms with Crippen molar-refractivity contribution in [3.63, 3.8) is 0 Å². The van der Waals surface area contributed by atoms with Crippen LogP contribution >= 0.6 is 23.1 Å². The molecule has 2 aromatic heterocycles. The van der Waals surface area contributed by atoms with E-state index in [0.717, 1.165) is 16.0 Å². The van der Waals surface area contributed by atoms with Crippen LogP contribution in [0.25, 0.3) is 10.2 Å². The number of amides is 1. The summed E-state index contributed by atoms with van der Waals surface area (Å²) in [6, 6.07) is 16.2. The topological polar surface area (TPSA) is 46.1 Å². The first-order valence-electron chi connectivity index (χ1n) is 9.00. The van der Waals surface area contributed by atoms with Gasteiger partial charge in [0.15, 0.2) is 5.13 Å². The number of thiazole rings is 1. The summed E-state index contributed by atoms with van der Waals surface area (Å²) in [4.78, 5) is 24.7. The minimum absolute atomic E-state index is 0.0646. The average Bonchev–Trinajstić information content (AvgIpc) is 3.16. The van der Waals surface area contributed by atoms with Crippen molar-refractivity contribution in [2.45, 2.75) is 17.9 Å². The maximum atomic E-state index is 13.6. The highest BCUT2D eigenvalue weighted by Gasteiger charge is 2.21. The first-order valence-corrected chi connectivity index (χ1v) is 11.0. The number of carbonyl (C=O) groups excluding carboxylic acids is 1. The molecule has 0 saturated heterocycles. The maximum Gasteiger partial charge on any atom is 0.233 e. The molecule has 0 unspecified atom stereocenters. The molecule has 0 radical (unpaired) electrons. The van der Waals surface area contributed by atoms with E-state index in [2.05, 4.69) is 9.97 Å². The standard InChI is InChI=1S/C22H18FN3OS2/c1-28-18-7-4-15(5-8-18)11-21(27)26(14-16-3-2-10-24-13-16)22-25-19-9-6-17(23)12-20(19)29-22/h2-10,12-13H,11,14H2,1H3. The molecule has 7 heteroatoms. The molecule has 0 fully saturated rings. The van der Waals surface area contributed by atoms with Gasteiger partial charge in [-0.1, -0.05) is 29.5 Å². The number of carbonyl (C=O) groups is 1. The summed E-state index contributed by atoms with van der Waals surface area (Å²) in [5.41, 5.74) is 2.53. The van der Waals surface area contributed by atoms with Crippen molar-refractivity contribution in [3.05, 3.63) is 83.9 Å². The van der Waals surface area contributed by atoms with Gasteiger partial charge < -0.3 is 0 Å². The van der Waals surface area contributed by atoms with Crippen molar-refractivity contribution in [1.29, 1.82) is 0 Å². The highest BCUT2D eigenvalue weighted by atomic mass is 32.2. The van der Waals surface area contributed by atoms with Gasteiger partial charge in [-0.3, -0.25) is 14.7 Å². The Morgan fingerprint density at radius 1 is 1.14 bits per heavy atom. The molecule has 0 spiro atoms. The first-order chi connectivity index (χ1) is 14.1. The van der Waals surface area contributed by atoms with Crippen LogP contribution in [0.5, 0.6) is 0 Å². The van der Waals surface area contributed by atoms with Gasteiger partial charge in [-0.25, -0.2) is 9.37 Å². The molecule has 0 aliphatic heterocycles. The lowest BCUT2D eigenvalue weighted by atomic mass is 10.1. The number of aromatic nitrogens is 2. The van der Waals surface area contributed by atoms with Gasteiger partial charge in [0.05, 0.1) is 23.2 Å². The summed E-state index contributed by atoms with van der Waals surface area (Å²) in [6.45, 7) is 0.359. The van der Waals surface area contributed by atoms with Crippen molar-refractivity contribution >= 4 is 44.4 Å². The third-order valence-corrected chi connectivity index (χ3v) is 6.23. The Kier molecular flexibility index (Phi) is 5.87. The van der Waals surface area contributed by atoms with Crippen LogP contribution in [0.4, 0.5) is 9.52 Å². The fraction of sp³-hybridized carbons (Fsp3) is 0.136. The minimum atomic E-state index is -0.313. The SMILES string of the molecule is CSc1ccc(CC(=O)N(Cc2cccnc2)c2nc3ccc(F)cc3s2)cc1. The lowest BCUT2D eigenvalue weighted by Gasteiger charge is -2.20. The third-order valence-electron chi connectivity index (χ3n) is 4.45. The number of rotatable bonds is 6. The lowest BCUT2D eigenvalue weighted by Crippen LogP contribution is -2.31. The second kappa shape index (κ2) is 8.71. The first kappa shape index (κ1) is 19.5. The Hall–Kier alpha value is -2.77. The van der Waals surface area contributed by atoms with Crippen LogP contribution in [0.15, 0.2) is 71.9 Å². The number of fused-ring (bicyclic) bond motifs is 1. The van der Waals surface area contributed by atoms with Crippen LogP contribution in [0, 0.1) is 5.82 Å². The highest BCUT2D eigenvalue weighted by Crippen LogP contribution is 2.31. The van der Waals surface area contributed by atoms with Gasteiger partial charge in [-0.05, 0) is 53.8 Å². The summed E-state index contributed by atoms with van der Waals surface area (Å²) in [6.07, 6.45) is 5.72. The fourth-order valence-corrected chi connectivity index (χ4v) is 4.37. The molecule has 2 heterocycles. The summed E-state index contributed by atoms with van der Waals surface area (Å²) < 4.78 is 14.3. The Balaban J connectivity index is 1.65. The number of hydrogen-bond donors (Lipinski definition) is 0. The molecule has 4 aromatic rings. The number of nitrogens with zero attached hydrogens (tertiary/aromatic N) is 3. The van der Waals surface area contributed by atoms with Crippen LogP contribution in [-0.2, 0) is 17.8 Å². The van der Waals surface area contributed by atoms with Crippen LogP contribution < -0.4 is 4.90 Å². The van der Waals surface area contributed by atoms with Crippen molar-refractivity contribution < 1.29 is 9.18 Å². The summed E-state index contributed by atoms with van der Waals surface area (Å²) >= 11 is 2.98. The van der Waals surface area contributed by atoms with E-state index in [1.54, 1.807) is 35.1 Å². The second-order valence-electron chi connectivity index (χ2n) is 6.47. The number of thioether (sulfide) groups is 1. The number of benzene rings is 2. The number of halogens is 1. The molecule has 146 valence electrons. The molecule has 0 N–H and O–H groups in total. The zero-order valence-electron chi connectivity index (χ0n) is 15.7. The van der Waals surface area contributed by atoms with E-state index in [1.165, 1.54) is 23.5 Å². The molecule has 0 saturated carbocycles. The van der Waals surface area contributed by atoms with Gasteiger partial charge in [0.1, 0.15) is 5.82 Å². The Bertz CT molecular complexity index is 1130. The maximum absolute atomic E-state index is 13.6. The predicted octanol–water partition coefficient (Wildman–Crippen LogP) is 5.33. The highest BCUT2D eigenvalue weighted by molar-refractivity contribution is 7.98. The van der Waals surface area contributed by atoms with Gasteiger partial charge in [-0.2, -0.15) is 0 Å². The molecular weight excluding hydrogens is 405 g/mol. The summed E-state index contributed by atoms with van der Waals surface area (Å²) in [5, 5.41) is 0.556. The van der Waals surface area contributed by atoms with Crippen molar-refractivity contribution in [2.75, 3.05) is 11.2 Å². The van der Waals surface area contributed by atoms with Crippen LogP contribution in [0.1, 0.15) is 11.1 Å². The van der Waals surface area contributed by atoms with E-state index < -0.39 is 0 Å². The molecule has 2 aromatic carbocycles. The molecule has 29 heavy (non-hydrogen) atoms. The van der Waals surface area contributed by atoms with Crippen molar-refractivity contribution in [1.82, 2.24) is 9.97 Å². The van der Waals surface area contributed by atoms with E-state index in [1.807, 2.05) is 42.7 Å². The van der Waals surface area contributed by atoms with E-state index in [4.69, 9.17) is 0 Å². The molecule has 0 bridgehead atoms. The minimum Gasteiger partial charge on any atom is -0.283 e. The van der Waals surface area contributed by atoms with E-state index in [9.17, 15) is 9.18 Å². The van der Waals surface area contributed by atoms with Crippen LogP contribution in [0.3, 0.4) is 0 Å². The second-order valence-corrected chi connectivity index (χ2v) is 8.36. The number of pyridine rings is 1. The van der Waals surface area contributed by atoms with Crippen molar-refractivity contribution in [3.8, 4) is 0 Å². The molecule has 1 amide bonds. The quantitative estimate of drug-likeness (QED) is 0.393. The van der Waals surface area contributed by atoms with Gasteiger partial charge in [0, 0.05) is 17.3 Å². The molecule has 0 aliphatic carbocycles. The Morgan fingerprint density at radius 3 is 2.69 bits per heavy atom. The van der Waals surface area contributed by atoms with E-state index in [0.29, 0.717) is 21.9 Å². The molecule has 4 nitrogen and oxygen atoms in total. The van der Waals surface area contributed by atoms with Gasteiger partial charge in [-0.15, -0.1) is 11.8 Å². The predicted molar refractivity (Wildman–Crippen MR) is 117 cm³/mol. The average molecular weight is 424 g/mol. The lowest BCUT2D eigenvalue weighted by molar-refractivity contribution is -0.118. The van der Waals surface area contributed by atoms with Gasteiger partial charge in [0.25, 0.3) is 0 Å². The molecular formula is C22H18FN3OS2. The van der Waals surface area contributed by atoms with Crippen molar-refractivity contribution in [2.24, 2.45) is 0 Å².